The van der Waals surface area contributed by atoms with Crippen molar-refractivity contribution in [3.05, 3.63) is 61.0 Å². The molecule has 1 aromatic heterocycles. The number of hydrogen-bond donors (Lipinski definition) is 0. The summed E-state index contributed by atoms with van der Waals surface area (Å²) in [7, 11) is 0. The molecular weight excluding hydrogens is 318 g/mol. The van der Waals surface area contributed by atoms with Crippen molar-refractivity contribution >= 4 is 11.6 Å². The summed E-state index contributed by atoms with van der Waals surface area (Å²) in [6.07, 6.45) is 0.679. The second-order valence-electron chi connectivity index (χ2n) is 5.45. The molecule has 0 bridgehead atoms. The van der Waals surface area contributed by atoms with E-state index in [1.165, 1.54) is 6.39 Å². The van der Waals surface area contributed by atoms with Crippen molar-refractivity contribution in [3.63, 3.8) is 0 Å². The summed E-state index contributed by atoms with van der Waals surface area (Å²) in [5.74, 6) is 0.958. The molecule has 0 N–H and O–H groups in total. The Kier molecular flexibility index (Phi) is 5.09. The fourth-order valence-electron chi connectivity index (χ4n) is 2.52. The topological polar surface area (TPSA) is 68.5 Å². The zero-order valence-corrected chi connectivity index (χ0v) is 14.1. The van der Waals surface area contributed by atoms with E-state index in [0.717, 1.165) is 11.3 Å². The first-order chi connectivity index (χ1) is 12.2. The van der Waals surface area contributed by atoms with Gasteiger partial charge in [0, 0.05) is 17.8 Å². The van der Waals surface area contributed by atoms with Crippen LogP contribution in [0.4, 0.5) is 5.69 Å². The second-order valence-corrected chi connectivity index (χ2v) is 5.45. The fraction of sp³-hybridized carbons (Fsp3) is 0.211. The Morgan fingerprint density at radius 3 is 2.48 bits per heavy atom. The lowest BCUT2D eigenvalue weighted by Crippen LogP contribution is -2.40. The van der Waals surface area contributed by atoms with Crippen LogP contribution in [0.2, 0.25) is 0 Å². The van der Waals surface area contributed by atoms with Crippen LogP contribution in [0.3, 0.4) is 0 Å². The van der Waals surface area contributed by atoms with E-state index in [1.807, 2.05) is 49.4 Å². The van der Waals surface area contributed by atoms with Gasteiger partial charge in [0.15, 0.2) is 6.10 Å². The van der Waals surface area contributed by atoms with Gasteiger partial charge < -0.3 is 14.1 Å². The van der Waals surface area contributed by atoms with Crippen molar-refractivity contribution in [1.29, 1.82) is 0 Å². The van der Waals surface area contributed by atoms with Gasteiger partial charge in [0.1, 0.15) is 5.75 Å². The number of anilines is 1. The van der Waals surface area contributed by atoms with E-state index in [2.05, 4.69) is 10.2 Å². The third-order valence-corrected chi connectivity index (χ3v) is 3.77. The van der Waals surface area contributed by atoms with Crippen LogP contribution in [0, 0.1) is 0 Å². The maximum Gasteiger partial charge on any atom is 0.267 e. The monoisotopic (exact) mass is 337 g/mol. The number of rotatable bonds is 6. The zero-order chi connectivity index (χ0) is 17.6. The predicted molar refractivity (Wildman–Crippen MR) is 94.3 cm³/mol. The third kappa shape index (κ3) is 3.85. The van der Waals surface area contributed by atoms with E-state index in [4.69, 9.17) is 9.15 Å². The molecular formula is C19H19N3O3. The lowest BCUT2D eigenvalue weighted by molar-refractivity contribution is -0.124. The minimum absolute atomic E-state index is 0.0883. The minimum Gasteiger partial charge on any atom is -0.481 e. The van der Waals surface area contributed by atoms with Crippen LogP contribution in [-0.4, -0.2) is 28.8 Å². The number of ether oxygens (including phenoxy) is 1. The number of amides is 1. The molecule has 0 saturated heterocycles. The van der Waals surface area contributed by atoms with Crippen LogP contribution < -0.4 is 9.64 Å². The number of carbonyl (C=O) groups is 1. The van der Waals surface area contributed by atoms with Crippen molar-refractivity contribution in [3.8, 4) is 17.2 Å². The van der Waals surface area contributed by atoms with Crippen molar-refractivity contribution in [2.24, 2.45) is 0 Å². The van der Waals surface area contributed by atoms with E-state index in [-0.39, 0.29) is 5.91 Å². The highest BCUT2D eigenvalue weighted by Crippen LogP contribution is 2.22. The highest BCUT2D eigenvalue weighted by atomic mass is 16.5. The molecule has 3 aromatic rings. The summed E-state index contributed by atoms with van der Waals surface area (Å²) in [5.41, 5.74) is 1.65. The molecule has 1 amide bonds. The molecule has 3 rings (SSSR count). The summed E-state index contributed by atoms with van der Waals surface area (Å²) in [5, 5.41) is 7.51. The van der Waals surface area contributed by atoms with E-state index in [0.29, 0.717) is 18.2 Å². The Morgan fingerprint density at radius 1 is 1.16 bits per heavy atom. The van der Waals surface area contributed by atoms with Crippen molar-refractivity contribution in [1.82, 2.24) is 10.2 Å². The molecule has 0 aliphatic heterocycles. The van der Waals surface area contributed by atoms with Crippen LogP contribution in [0.25, 0.3) is 11.5 Å². The zero-order valence-electron chi connectivity index (χ0n) is 14.1. The average Bonchev–Trinajstić information content (AvgIpc) is 3.18. The van der Waals surface area contributed by atoms with Gasteiger partial charge in [-0.2, -0.15) is 0 Å². The molecule has 0 aliphatic carbocycles. The molecule has 2 aromatic carbocycles. The van der Waals surface area contributed by atoms with Gasteiger partial charge in [-0.1, -0.05) is 18.2 Å². The quantitative estimate of drug-likeness (QED) is 0.688. The molecule has 0 fully saturated rings. The molecule has 0 unspecified atom stereocenters. The lowest BCUT2D eigenvalue weighted by atomic mass is 10.2. The Bertz CT molecular complexity index is 802. The normalized spacial score (nSPS) is 11.8. The van der Waals surface area contributed by atoms with Crippen LogP contribution in [0.5, 0.6) is 5.75 Å². The van der Waals surface area contributed by atoms with Gasteiger partial charge in [-0.15, -0.1) is 10.2 Å². The highest BCUT2D eigenvalue weighted by Gasteiger charge is 2.22. The van der Waals surface area contributed by atoms with E-state index < -0.39 is 6.10 Å². The summed E-state index contributed by atoms with van der Waals surface area (Å²) >= 11 is 0. The van der Waals surface area contributed by atoms with Crippen LogP contribution in [0.15, 0.2) is 65.4 Å². The van der Waals surface area contributed by atoms with Gasteiger partial charge in [0.2, 0.25) is 12.3 Å². The van der Waals surface area contributed by atoms with Crippen LogP contribution >= 0.6 is 0 Å². The largest absolute Gasteiger partial charge is 0.481 e. The van der Waals surface area contributed by atoms with Gasteiger partial charge >= 0.3 is 0 Å². The van der Waals surface area contributed by atoms with Crippen molar-refractivity contribution in [2.45, 2.75) is 20.0 Å². The first-order valence-corrected chi connectivity index (χ1v) is 8.08. The number of carbonyl (C=O) groups excluding carboxylic acids is 1. The first kappa shape index (κ1) is 16.7. The number of likely N-dealkylation sites (N-methyl/N-ethyl adjacent to an activating group) is 1. The van der Waals surface area contributed by atoms with Gasteiger partial charge in [-0.25, -0.2) is 0 Å². The molecule has 0 saturated carbocycles. The standard InChI is InChI=1S/C19H19N3O3/c1-3-22(16-7-5-4-6-8-16)19(23)14(2)25-17-11-9-15(10-12-17)18-21-20-13-24-18/h4-14H,3H2,1-2H3/t14-/m0/s1. The molecule has 0 aliphatic rings. The first-order valence-electron chi connectivity index (χ1n) is 8.08. The van der Waals surface area contributed by atoms with Crippen molar-refractivity contribution < 1.29 is 13.9 Å². The molecule has 6 nitrogen and oxygen atoms in total. The molecule has 0 radical (unpaired) electrons. The maximum atomic E-state index is 12.7. The van der Waals surface area contributed by atoms with E-state index in [1.54, 1.807) is 24.0 Å². The number of benzene rings is 2. The molecule has 0 spiro atoms. The number of aromatic nitrogens is 2. The smallest absolute Gasteiger partial charge is 0.267 e. The molecule has 1 atom stereocenters. The lowest BCUT2D eigenvalue weighted by Gasteiger charge is -2.25. The summed E-state index contributed by atoms with van der Waals surface area (Å²) in [6, 6.07) is 16.8. The number of hydrogen-bond acceptors (Lipinski definition) is 5. The molecule has 25 heavy (non-hydrogen) atoms. The molecule has 6 heteroatoms. The predicted octanol–water partition coefficient (Wildman–Crippen LogP) is 3.56. The second kappa shape index (κ2) is 7.61. The Balaban J connectivity index is 1.68. The summed E-state index contributed by atoms with van der Waals surface area (Å²) < 4.78 is 10.9. The van der Waals surface area contributed by atoms with Crippen LogP contribution in [0.1, 0.15) is 13.8 Å². The SMILES string of the molecule is CCN(C(=O)[C@H](C)Oc1ccc(-c2nnco2)cc1)c1ccccc1. The highest BCUT2D eigenvalue weighted by molar-refractivity contribution is 5.96. The number of para-hydroxylation sites is 1. The summed E-state index contributed by atoms with van der Waals surface area (Å²) in [6.45, 7) is 4.27. The maximum absolute atomic E-state index is 12.7. The summed E-state index contributed by atoms with van der Waals surface area (Å²) in [4.78, 5) is 14.4. The third-order valence-electron chi connectivity index (χ3n) is 3.77. The van der Waals surface area contributed by atoms with Gasteiger partial charge in [-0.3, -0.25) is 4.79 Å². The van der Waals surface area contributed by atoms with Gasteiger partial charge in [0.25, 0.3) is 5.91 Å². The van der Waals surface area contributed by atoms with E-state index >= 15 is 0 Å². The Labute approximate surface area is 146 Å². The van der Waals surface area contributed by atoms with Crippen LogP contribution in [-0.2, 0) is 4.79 Å². The number of nitrogens with zero attached hydrogens (tertiary/aromatic N) is 3. The van der Waals surface area contributed by atoms with Crippen molar-refractivity contribution in [2.75, 3.05) is 11.4 Å². The fourth-order valence-corrected chi connectivity index (χ4v) is 2.52. The van der Waals surface area contributed by atoms with Gasteiger partial charge in [-0.05, 0) is 50.2 Å². The van der Waals surface area contributed by atoms with Gasteiger partial charge in [0.05, 0.1) is 0 Å². The Hall–Kier alpha value is -3.15. The molecule has 128 valence electrons. The average molecular weight is 337 g/mol. The Morgan fingerprint density at radius 2 is 1.88 bits per heavy atom. The molecule has 1 heterocycles. The minimum atomic E-state index is -0.602. The van der Waals surface area contributed by atoms with E-state index in [9.17, 15) is 4.79 Å².